The number of aromatic nitrogens is 1. The summed E-state index contributed by atoms with van der Waals surface area (Å²) in [7, 11) is 0. The van der Waals surface area contributed by atoms with Crippen molar-refractivity contribution in [3.63, 3.8) is 0 Å². The maximum Gasteiger partial charge on any atom is 0.417 e. The molecule has 2 heterocycles. The Morgan fingerprint density at radius 1 is 1.35 bits per heavy atom. The number of carbonyl (C=O) groups is 1. The number of Topliss-reactive ketones (excluding diaryl/α,β-unsaturated/α-hetero) is 1. The molecule has 23 heavy (non-hydrogen) atoms. The van der Waals surface area contributed by atoms with Crippen molar-refractivity contribution >= 4 is 17.1 Å². The highest BCUT2D eigenvalue weighted by atomic mass is 32.1. The molecule has 7 heteroatoms. The number of rotatable bonds is 6. The number of alkyl halides is 3. The molecule has 2 rings (SSSR count). The Kier molecular flexibility index (Phi) is 5.50. The van der Waals surface area contributed by atoms with Gasteiger partial charge in [0.15, 0.2) is 5.78 Å². The first kappa shape index (κ1) is 17.2. The van der Waals surface area contributed by atoms with Crippen LogP contribution >= 0.6 is 11.3 Å². The van der Waals surface area contributed by atoms with Crippen molar-refractivity contribution in [2.45, 2.75) is 31.4 Å². The monoisotopic (exact) mass is 338 g/mol. The minimum absolute atomic E-state index is 0.0571. The number of thiophene rings is 1. The largest absolute Gasteiger partial charge is 0.417 e. The van der Waals surface area contributed by atoms with Gasteiger partial charge in [-0.15, -0.1) is 11.3 Å². The van der Waals surface area contributed by atoms with E-state index in [-0.39, 0.29) is 17.9 Å². The van der Waals surface area contributed by atoms with E-state index in [2.05, 4.69) is 4.98 Å². The topological polar surface area (TPSA) is 53.8 Å². The third-order valence-corrected chi connectivity index (χ3v) is 4.22. The average Bonchev–Trinajstić information content (AvgIpc) is 3.01. The molecule has 0 spiro atoms. The fraction of sp³-hybridized carbons (Fsp3) is 0.312. The molecule has 0 aliphatic heterocycles. The molecule has 2 aromatic heterocycles. The van der Waals surface area contributed by atoms with E-state index in [1.54, 1.807) is 11.3 Å². The zero-order chi connectivity index (χ0) is 16.9. The van der Waals surface area contributed by atoms with Gasteiger partial charge < -0.3 is 0 Å². The predicted octanol–water partition coefficient (Wildman–Crippen LogP) is 4.36. The lowest BCUT2D eigenvalue weighted by molar-refractivity contribution is -0.137. The smallest absolute Gasteiger partial charge is 0.298 e. The SMILES string of the molecule is N#CC(C(=O)CCCc1cccs1)c1ccc(C(F)(F)F)cn1. The fourth-order valence-electron chi connectivity index (χ4n) is 2.08. The summed E-state index contributed by atoms with van der Waals surface area (Å²) in [6.45, 7) is 0. The number of pyridine rings is 1. The van der Waals surface area contributed by atoms with Gasteiger partial charge in [0.05, 0.1) is 17.3 Å². The van der Waals surface area contributed by atoms with Gasteiger partial charge in [-0.05, 0) is 36.4 Å². The number of aryl methyl sites for hydroxylation is 1. The second kappa shape index (κ2) is 7.38. The summed E-state index contributed by atoms with van der Waals surface area (Å²) >= 11 is 1.59. The zero-order valence-corrected chi connectivity index (χ0v) is 12.8. The van der Waals surface area contributed by atoms with E-state index in [0.29, 0.717) is 12.6 Å². The molecule has 0 aliphatic rings. The lowest BCUT2D eigenvalue weighted by Crippen LogP contribution is -2.13. The molecule has 2 aromatic rings. The maximum atomic E-state index is 12.5. The summed E-state index contributed by atoms with van der Waals surface area (Å²) in [6.07, 6.45) is -2.31. The third-order valence-electron chi connectivity index (χ3n) is 3.29. The molecule has 120 valence electrons. The van der Waals surface area contributed by atoms with E-state index in [9.17, 15) is 18.0 Å². The molecule has 0 radical (unpaired) electrons. The van der Waals surface area contributed by atoms with Crippen LogP contribution in [0.5, 0.6) is 0 Å². The fourth-order valence-corrected chi connectivity index (χ4v) is 2.83. The van der Waals surface area contributed by atoms with Crippen LogP contribution in [0.1, 0.15) is 34.9 Å². The number of nitrogens with zero attached hydrogens (tertiary/aromatic N) is 2. The van der Waals surface area contributed by atoms with E-state index >= 15 is 0 Å². The van der Waals surface area contributed by atoms with Crippen molar-refractivity contribution in [1.29, 1.82) is 5.26 Å². The number of hydrogen-bond acceptors (Lipinski definition) is 4. The maximum absolute atomic E-state index is 12.5. The Balaban J connectivity index is 1.98. The van der Waals surface area contributed by atoms with Crippen molar-refractivity contribution in [3.05, 3.63) is 52.0 Å². The van der Waals surface area contributed by atoms with Gasteiger partial charge in [-0.1, -0.05) is 6.07 Å². The Hall–Kier alpha value is -2.20. The minimum atomic E-state index is -4.49. The third kappa shape index (κ3) is 4.63. The molecule has 0 amide bonds. The number of nitriles is 1. The van der Waals surface area contributed by atoms with Gasteiger partial charge in [-0.25, -0.2) is 0 Å². The summed E-state index contributed by atoms with van der Waals surface area (Å²) in [4.78, 5) is 16.9. The van der Waals surface area contributed by atoms with Gasteiger partial charge in [-0.2, -0.15) is 18.4 Å². The van der Waals surface area contributed by atoms with Crippen molar-refractivity contribution in [3.8, 4) is 6.07 Å². The highest BCUT2D eigenvalue weighted by molar-refractivity contribution is 7.09. The quantitative estimate of drug-likeness (QED) is 0.786. The van der Waals surface area contributed by atoms with Gasteiger partial charge in [-0.3, -0.25) is 9.78 Å². The highest BCUT2D eigenvalue weighted by Crippen LogP contribution is 2.29. The number of ketones is 1. The summed E-state index contributed by atoms with van der Waals surface area (Å²) in [5.41, 5.74) is -0.843. The van der Waals surface area contributed by atoms with Crippen LogP contribution in [0, 0.1) is 11.3 Å². The van der Waals surface area contributed by atoms with Crippen LogP contribution in [0.25, 0.3) is 0 Å². The molecule has 3 nitrogen and oxygen atoms in total. The normalized spacial score (nSPS) is 12.6. The Bertz CT molecular complexity index is 688. The van der Waals surface area contributed by atoms with Gasteiger partial charge in [0.2, 0.25) is 0 Å². The molecule has 1 unspecified atom stereocenters. The summed E-state index contributed by atoms with van der Waals surface area (Å²) in [5, 5.41) is 11.1. The zero-order valence-electron chi connectivity index (χ0n) is 12.0. The lowest BCUT2D eigenvalue weighted by Gasteiger charge is -2.10. The molecular weight excluding hydrogens is 325 g/mol. The molecular formula is C16H13F3N2OS. The number of halogens is 3. The van der Waals surface area contributed by atoms with Crippen LogP contribution in [0.2, 0.25) is 0 Å². The van der Waals surface area contributed by atoms with E-state index in [4.69, 9.17) is 5.26 Å². The van der Waals surface area contributed by atoms with Gasteiger partial charge in [0.25, 0.3) is 0 Å². The van der Waals surface area contributed by atoms with Crippen molar-refractivity contribution < 1.29 is 18.0 Å². The van der Waals surface area contributed by atoms with E-state index in [0.717, 1.165) is 23.4 Å². The van der Waals surface area contributed by atoms with Gasteiger partial charge >= 0.3 is 6.18 Å². The van der Waals surface area contributed by atoms with E-state index < -0.39 is 17.7 Å². The first-order valence-corrected chi connectivity index (χ1v) is 7.77. The van der Waals surface area contributed by atoms with Gasteiger partial charge in [0, 0.05) is 17.5 Å². The van der Waals surface area contributed by atoms with Crippen LogP contribution < -0.4 is 0 Å². The minimum Gasteiger partial charge on any atom is -0.298 e. The second-order valence-electron chi connectivity index (χ2n) is 4.93. The van der Waals surface area contributed by atoms with Crippen LogP contribution in [-0.2, 0) is 17.4 Å². The predicted molar refractivity (Wildman–Crippen MR) is 79.9 cm³/mol. The molecule has 1 atom stereocenters. The number of hydrogen-bond donors (Lipinski definition) is 0. The number of carbonyl (C=O) groups excluding carboxylic acids is 1. The van der Waals surface area contributed by atoms with E-state index in [1.165, 1.54) is 0 Å². The summed E-state index contributed by atoms with van der Waals surface area (Å²) in [6, 6.07) is 7.65. The van der Waals surface area contributed by atoms with Crippen molar-refractivity contribution in [2.75, 3.05) is 0 Å². The van der Waals surface area contributed by atoms with Crippen molar-refractivity contribution in [1.82, 2.24) is 4.98 Å². The summed E-state index contributed by atoms with van der Waals surface area (Å²) in [5.74, 6) is -1.45. The second-order valence-corrected chi connectivity index (χ2v) is 5.96. The van der Waals surface area contributed by atoms with Crippen molar-refractivity contribution in [2.24, 2.45) is 0 Å². The lowest BCUT2D eigenvalue weighted by atomic mass is 9.96. The van der Waals surface area contributed by atoms with Crippen LogP contribution in [0.3, 0.4) is 0 Å². The van der Waals surface area contributed by atoms with Crippen LogP contribution in [0.4, 0.5) is 13.2 Å². The molecule has 0 aromatic carbocycles. The highest BCUT2D eigenvalue weighted by Gasteiger charge is 2.31. The summed E-state index contributed by atoms with van der Waals surface area (Å²) < 4.78 is 37.5. The van der Waals surface area contributed by atoms with Gasteiger partial charge in [0.1, 0.15) is 5.92 Å². The van der Waals surface area contributed by atoms with Crippen LogP contribution in [-0.4, -0.2) is 10.8 Å². The Morgan fingerprint density at radius 2 is 2.13 bits per heavy atom. The first-order valence-electron chi connectivity index (χ1n) is 6.89. The molecule has 0 bridgehead atoms. The standard InChI is InChI=1S/C16H13F3N2OS/c17-16(18,19)11-6-7-14(21-10-11)13(9-20)15(22)5-1-3-12-4-2-8-23-12/h2,4,6-8,10,13H,1,3,5H2. The molecule has 0 fully saturated rings. The van der Waals surface area contributed by atoms with E-state index in [1.807, 2.05) is 23.6 Å². The Labute approximate surface area is 135 Å². The molecule has 0 aliphatic carbocycles. The average molecular weight is 338 g/mol. The van der Waals surface area contributed by atoms with Crippen LogP contribution in [0.15, 0.2) is 35.8 Å². The first-order chi connectivity index (χ1) is 10.9. The molecule has 0 N–H and O–H groups in total. The molecule has 0 saturated heterocycles. The Morgan fingerprint density at radius 3 is 2.65 bits per heavy atom. The molecule has 0 saturated carbocycles.